The smallest absolute Gasteiger partial charge is 0.243 e. The topological polar surface area (TPSA) is 55.2 Å². The third-order valence-electron chi connectivity index (χ3n) is 2.17. The molecule has 0 aromatic heterocycles. The monoisotopic (exact) mass is 218 g/mol. The molecule has 4 nitrogen and oxygen atoms in total. The standard InChI is InChI=1S/C12H14N2O2/c1-4-13-12-6-5-11(7-9(12)2)8-10(3)14(15)16/h4-8,13H,1H2,2-3H3/b10-8+. The number of nitrogens with one attached hydrogen (secondary N) is 1. The third kappa shape index (κ3) is 2.95. The molecule has 0 aliphatic heterocycles. The summed E-state index contributed by atoms with van der Waals surface area (Å²) in [7, 11) is 0. The number of rotatable bonds is 4. The van der Waals surface area contributed by atoms with Crippen LogP contribution in [0.25, 0.3) is 6.08 Å². The van der Waals surface area contributed by atoms with E-state index in [1.165, 1.54) is 6.92 Å². The lowest BCUT2D eigenvalue weighted by atomic mass is 10.1. The van der Waals surface area contributed by atoms with Crippen LogP contribution in [0.1, 0.15) is 18.1 Å². The summed E-state index contributed by atoms with van der Waals surface area (Å²) >= 11 is 0. The highest BCUT2D eigenvalue weighted by Crippen LogP contribution is 2.18. The zero-order valence-corrected chi connectivity index (χ0v) is 9.36. The molecule has 16 heavy (non-hydrogen) atoms. The van der Waals surface area contributed by atoms with E-state index in [-0.39, 0.29) is 5.70 Å². The fourth-order valence-electron chi connectivity index (χ4n) is 1.34. The van der Waals surface area contributed by atoms with Crippen LogP contribution >= 0.6 is 0 Å². The van der Waals surface area contributed by atoms with Crippen molar-refractivity contribution >= 4 is 11.8 Å². The number of nitrogens with zero attached hydrogens (tertiary/aromatic N) is 1. The van der Waals surface area contributed by atoms with E-state index < -0.39 is 4.92 Å². The van der Waals surface area contributed by atoms with Crippen LogP contribution in [-0.2, 0) is 0 Å². The average molecular weight is 218 g/mol. The lowest BCUT2D eigenvalue weighted by Gasteiger charge is -2.05. The molecule has 0 aliphatic carbocycles. The summed E-state index contributed by atoms with van der Waals surface area (Å²) in [6.45, 7) is 6.99. The first-order valence-electron chi connectivity index (χ1n) is 4.85. The van der Waals surface area contributed by atoms with Crippen molar-refractivity contribution < 1.29 is 4.92 Å². The summed E-state index contributed by atoms with van der Waals surface area (Å²) in [5, 5.41) is 13.5. The van der Waals surface area contributed by atoms with Gasteiger partial charge in [-0.3, -0.25) is 10.1 Å². The quantitative estimate of drug-likeness (QED) is 0.623. The molecule has 0 unspecified atom stereocenters. The number of hydrogen-bond donors (Lipinski definition) is 1. The number of anilines is 1. The lowest BCUT2D eigenvalue weighted by molar-refractivity contribution is -0.422. The molecule has 0 aliphatic rings. The minimum Gasteiger partial charge on any atom is -0.362 e. The molecule has 1 aromatic rings. The van der Waals surface area contributed by atoms with Gasteiger partial charge < -0.3 is 5.32 Å². The molecule has 1 rings (SSSR count). The van der Waals surface area contributed by atoms with Gasteiger partial charge in [-0.25, -0.2) is 0 Å². The Hall–Kier alpha value is -2.10. The minimum atomic E-state index is -0.398. The van der Waals surface area contributed by atoms with Crippen molar-refractivity contribution in [2.75, 3.05) is 5.32 Å². The van der Waals surface area contributed by atoms with Gasteiger partial charge in [0.2, 0.25) is 5.70 Å². The van der Waals surface area contributed by atoms with Crippen LogP contribution in [0.15, 0.2) is 36.7 Å². The zero-order valence-electron chi connectivity index (χ0n) is 9.36. The summed E-state index contributed by atoms with van der Waals surface area (Å²) in [6.07, 6.45) is 3.14. The van der Waals surface area contributed by atoms with E-state index in [9.17, 15) is 10.1 Å². The predicted molar refractivity (Wildman–Crippen MR) is 65.6 cm³/mol. The number of hydrogen-bond acceptors (Lipinski definition) is 3. The maximum atomic E-state index is 10.5. The summed E-state index contributed by atoms with van der Waals surface area (Å²) in [5.74, 6) is 0. The molecule has 4 heteroatoms. The van der Waals surface area contributed by atoms with Gasteiger partial charge >= 0.3 is 0 Å². The van der Waals surface area contributed by atoms with E-state index in [1.54, 1.807) is 12.3 Å². The van der Waals surface area contributed by atoms with Crippen molar-refractivity contribution in [2.24, 2.45) is 0 Å². The summed E-state index contributed by atoms with van der Waals surface area (Å²) < 4.78 is 0. The largest absolute Gasteiger partial charge is 0.362 e. The molecule has 0 heterocycles. The molecule has 0 amide bonds. The molecule has 0 fully saturated rings. The Morgan fingerprint density at radius 3 is 2.75 bits per heavy atom. The van der Waals surface area contributed by atoms with E-state index in [0.717, 1.165) is 16.8 Å². The van der Waals surface area contributed by atoms with Crippen LogP contribution in [0.4, 0.5) is 5.69 Å². The Labute approximate surface area is 94.4 Å². The van der Waals surface area contributed by atoms with Crippen LogP contribution in [0.2, 0.25) is 0 Å². The van der Waals surface area contributed by atoms with Crippen LogP contribution in [0.3, 0.4) is 0 Å². The fourth-order valence-corrected chi connectivity index (χ4v) is 1.34. The summed E-state index contributed by atoms with van der Waals surface area (Å²) in [4.78, 5) is 10.1. The summed E-state index contributed by atoms with van der Waals surface area (Å²) in [5.41, 5.74) is 2.92. The van der Waals surface area contributed by atoms with Gasteiger partial charge in [-0.1, -0.05) is 12.6 Å². The molecule has 1 aromatic carbocycles. The Kier molecular flexibility index (Phi) is 3.83. The molecule has 0 saturated carbocycles. The molecule has 0 radical (unpaired) electrons. The van der Waals surface area contributed by atoms with Crippen LogP contribution in [0.5, 0.6) is 0 Å². The molecule has 84 valence electrons. The number of benzene rings is 1. The van der Waals surface area contributed by atoms with E-state index in [1.807, 2.05) is 25.1 Å². The number of nitro groups is 1. The second kappa shape index (κ2) is 5.11. The van der Waals surface area contributed by atoms with Crippen molar-refractivity contribution in [1.29, 1.82) is 0 Å². The highest BCUT2D eigenvalue weighted by molar-refractivity contribution is 5.60. The van der Waals surface area contributed by atoms with Crippen LogP contribution in [-0.4, -0.2) is 4.92 Å². The summed E-state index contributed by atoms with van der Waals surface area (Å²) in [6, 6.07) is 5.58. The first-order valence-corrected chi connectivity index (χ1v) is 4.85. The van der Waals surface area contributed by atoms with E-state index in [0.29, 0.717) is 0 Å². The van der Waals surface area contributed by atoms with Gasteiger partial charge in [0.25, 0.3) is 0 Å². The maximum absolute atomic E-state index is 10.5. The van der Waals surface area contributed by atoms with Gasteiger partial charge in [0, 0.05) is 18.7 Å². The SMILES string of the molecule is C=CNc1ccc(/C=C(\C)[N+](=O)[O-])cc1C. The molecule has 1 N–H and O–H groups in total. The number of allylic oxidation sites excluding steroid dienone is 1. The Balaban J connectivity index is 3.01. The Morgan fingerprint density at radius 2 is 2.25 bits per heavy atom. The lowest BCUT2D eigenvalue weighted by Crippen LogP contribution is -1.94. The predicted octanol–water partition coefficient (Wildman–Crippen LogP) is 3.19. The van der Waals surface area contributed by atoms with Crippen LogP contribution in [0, 0.1) is 17.0 Å². The van der Waals surface area contributed by atoms with E-state index >= 15 is 0 Å². The van der Waals surface area contributed by atoms with Gasteiger partial charge in [-0.05, 0) is 36.4 Å². The molecular formula is C12H14N2O2. The normalized spacial score (nSPS) is 11.0. The van der Waals surface area contributed by atoms with Gasteiger partial charge in [0.05, 0.1) is 4.92 Å². The van der Waals surface area contributed by atoms with E-state index in [4.69, 9.17) is 0 Å². The molecule has 0 atom stereocenters. The highest BCUT2D eigenvalue weighted by Gasteiger charge is 2.03. The molecular weight excluding hydrogens is 204 g/mol. The van der Waals surface area contributed by atoms with Gasteiger partial charge in [-0.2, -0.15) is 0 Å². The molecule has 0 spiro atoms. The zero-order chi connectivity index (χ0) is 12.1. The van der Waals surface area contributed by atoms with Crippen molar-refractivity contribution in [3.63, 3.8) is 0 Å². The average Bonchev–Trinajstić information content (AvgIpc) is 2.22. The van der Waals surface area contributed by atoms with Gasteiger partial charge in [-0.15, -0.1) is 0 Å². The van der Waals surface area contributed by atoms with Crippen molar-refractivity contribution in [3.8, 4) is 0 Å². The Bertz CT molecular complexity index is 450. The first kappa shape index (κ1) is 12.0. The van der Waals surface area contributed by atoms with Gasteiger partial charge in [0.1, 0.15) is 0 Å². The van der Waals surface area contributed by atoms with Crippen molar-refractivity contribution in [1.82, 2.24) is 0 Å². The maximum Gasteiger partial charge on any atom is 0.243 e. The first-order chi connectivity index (χ1) is 7.54. The van der Waals surface area contributed by atoms with Crippen LogP contribution < -0.4 is 5.32 Å². The van der Waals surface area contributed by atoms with E-state index in [2.05, 4.69) is 11.9 Å². The Morgan fingerprint density at radius 1 is 1.56 bits per heavy atom. The second-order valence-electron chi connectivity index (χ2n) is 3.47. The minimum absolute atomic E-state index is 0.129. The molecule has 0 saturated heterocycles. The molecule has 0 bridgehead atoms. The van der Waals surface area contributed by atoms with Crippen molar-refractivity contribution in [3.05, 3.63) is 57.9 Å². The van der Waals surface area contributed by atoms with Gasteiger partial charge in [0.15, 0.2) is 0 Å². The highest BCUT2D eigenvalue weighted by atomic mass is 16.6. The second-order valence-corrected chi connectivity index (χ2v) is 3.47. The third-order valence-corrected chi connectivity index (χ3v) is 2.17. The van der Waals surface area contributed by atoms with Crippen molar-refractivity contribution in [2.45, 2.75) is 13.8 Å². The fraction of sp³-hybridized carbons (Fsp3) is 0.167. The number of aryl methyl sites for hydroxylation is 1.